The molecule has 1 unspecified atom stereocenters. The van der Waals surface area contributed by atoms with Crippen molar-refractivity contribution in [3.05, 3.63) is 35.4 Å². The molecular weight excluding hydrogens is 282 g/mol. The van der Waals surface area contributed by atoms with Crippen LogP contribution < -0.4 is 0 Å². The van der Waals surface area contributed by atoms with E-state index >= 15 is 0 Å². The highest BCUT2D eigenvalue weighted by molar-refractivity contribution is 5.94. The second-order valence-corrected chi connectivity index (χ2v) is 6.57. The highest BCUT2D eigenvalue weighted by Crippen LogP contribution is 2.17. The fraction of sp³-hybridized carbons (Fsp3) is 0.667. The van der Waals surface area contributed by atoms with E-state index in [1.807, 2.05) is 12.1 Å². The van der Waals surface area contributed by atoms with Gasteiger partial charge in [-0.05, 0) is 42.9 Å². The predicted molar refractivity (Wildman–Crippen MR) is 99.9 cm³/mol. The van der Waals surface area contributed by atoms with Gasteiger partial charge in [-0.25, -0.2) is 0 Å². The van der Waals surface area contributed by atoms with Crippen molar-refractivity contribution >= 4 is 5.91 Å². The topological polar surface area (TPSA) is 20.3 Å². The van der Waals surface area contributed by atoms with E-state index in [0.29, 0.717) is 5.92 Å². The third-order valence-corrected chi connectivity index (χ3v) is 4.70. The Labute approximate surface area is 143 Å². The third-order valence-electron chi connectivity index (χ3n) is 4.70. The zero-order valence-electron chi connectivity index (χ0n) is 15.6. The Morgan fingerprint density at radius 1 is 1.00 bits per heavy atom. The van der Waals surface area contributed by atoms with Gasteiger partial charge in [-0.3, -0.25) is 4.79 Å². The summed E-state index contributed by atoms with van der Waals surface area (Å²) in [4.78, 5) is 15.0. The van der Waals surface area contributed by atoms with Gasteiger partial charge in [0.2, 0.25) is 0 Å². The molecule has 0 heterocycles. The van der Waals surface area contributed by atoms with Crippen LogP contribution in [0.3, 0.4) is 0 Å². The van der Waals surface area contributed by atoms with E-state index in [2.05, 4.69) is 44.7 Å². The number of nitrogens with zero attached hydrogens (tertiary/aromatic N) is 1. The van der Waals surface area contributed by atoms with Gasteiger partial charge in [-0.15, -0.1) is 0 Å². The molecule has 1 aromatic carbocycles. The van der Waals surface area contributed by atoms with Crippen LogP contribution >= 0.6 is 0 Å². The van der Waals surface area contributed by atoms with Crippen LogP contribution in [0, 0.1) is 5.92 Å². The highest BCUT2D eigenvalue weighted by Gasteiger charge is 2.19. The molecule has 0 aliphatic rings. The Bertz CT molecular complexity index is 438. The first-order valence-corrected chi connectivity index (χ1v) is 9.54. The fourth-order valence-electron chi connectivity index (χ4n) is 2.92. The van der Waals surface area contributed by atoms with Crippen molar-refractivity contribution in [2.75, 3.05) is 13.1 Å². The molecule has 23 heavy (non-hydrogen) atoms. The van der Waals surface area contributed by atoms with E-state index in [1.165, 1.54) is 24.8 Å². The number of benzene rings is 1. The first kappa shape index (κ1) is 19.7. The van der Waals surface area contributed by atoms with Crippen molar-refractivity contribution in [2.45, 2.75) is 72.6 Å². The van der Waals surface area contributed by atoms with Gasteiger partial charge in [0.25, 0.3) is 5.91 Å². The second kappa shape index (κ2) is 11.3. The van der Waals surface area contributed by atoms with Gasteiger partial charge in [-0.2, -0.15) is 0 Å². The first-order valence-electron chi connectivity index (χ1n) is 9.54. The lowest BCUT2D eigenvalue weighted by Gasteiger charge is -2.27. The summed E-state index contributed by atoms with van der Waals surface area (Å²) in [6.45, 7) is 10.6. The quantitative estimate of drug-likeness (QED) is 0.512. The number of carbonyl (C=O) groups excluding carboxylic acids is 1. The average molecular weight is 318 g/mol. The van der Waals surface area contributed by atoms with E-state index in [1.54, 1.807) is 0 Å². The number of carbonyl (C=O) groups is 1. The Kier molecular flexibility index (Phi) is 9.66. The van der Waals surface area contributed by atoms with E-state index in [0.717, 1.165) is 44.3 Å². The molecule has 0 radical (unpaired) electrons. The number of hydrogen-bond donors (Lipinski definition) is 0. The summed E-state index contributed by atoms with van der Waals surface area (Å²) in [6.07, 6.45) is 8.12. The molecule has 0 N–H and O–H groups in total. The van der Waals surface area contributed by atoms with Crippen molar-refractivity contribution in [1.29, 1.82) is 0 Å². The second-order valence-electron chi connectivity index (χ2n) is 6.57. The van der Waals surface area contributed by atoms with Gasteiger partial charge >= 0.3 is 0 Å². The zero-order valence-corrected chi connectivity index (χ0v) is 15.6. The van der Waals surface area contributed by atoms with E-state index in [9.17, 15) is 4.79 Å². The number of aryl methyl sites for hydroxylation is 1. The molecule has 0 aromatic heterocycles. The van der Waals surface area contributed by atoms with Crippen molar-refractivity contribution < 1.29 is 4.79 Å². The van der Waals surface area contributed by atoms with Crippen molar-refractivity contribution in [1.82, 2.24) is 4.90 Å². The van der Waals surface area contributed by atoms with Crippen LogP contribution in [-0.4, -0.2) is 23.9 Å². The third kappa shape index (κ3) is 6.76. The molecule has 0 saturated carbocycles. The van der Waals surface area contributed by atoms with E-state index in [4.69, 9.17) is 0 Å². The molecular formula is C21H35NO. The maximum absolute atomic E-state index is 12.9. The lowest BCUT2D eigenvalue weighted by molar-refractivity contribution is 0.0720. The first-order chi connectivity index (χ1) is 11.2. The Morgan fingerprint density at radius 2 is 1.65 bits per heavy atom. The number of rotatable bonds is 11. The van der Waals surface area contributed by atoms with Crippen molar-refractivity contribution in [2.24, 2.45) is 5.92 Å². The van der Waals surface area contributed by atoms with E-state index in [-0.39, 0.29) is 5.91 Å². The van der Waals surface area contributed by atoms with Crippen LogP contribution in [-0.2, 0) is 6.42 Å². The lowest BCUT2D eigenvalue weighted by atomic mass is 9.98. The van der Waals surface area contributed by atoms with Crippen LogP contribution in [0.1, 0.15) is 82.1 Å². The van der Waals surface area contributed by atoms with Crippen LogP contribution in [0.4, 0.5) is 0 Å². The molecule has 1 aromatic rings. The molecule has 2 nitrogen and oxygen atoms in total. The van der Waals surface area contributed by atoms with Crippen molar-refractivity contribution in [3.63, 3.8) is 0 Å². The summed E-state index contributed by atoms with van der Waals surface area (Å²) in [5.41, 5.74) is 2.12. The largest absolute Gasteiger partial charge is 0.338 e. The van der Waals surface area contributed by atoms with Crippen molar-refractivity contribution in [3.8, 4) is 0 Å². The number of unbranched alkanes of at least 4 members (excludes halogenated alkanes) is 2. The maximum Gasteiger partial charge on any atom is 0.253 e. The molecule has 0 aliphatic heterocycles. The van der Waals surface area contributed by atoms with Gasteiger partial charge in [0, 0.05) is 18.7 Å². The number of hydrogen-bond acceptors (Lipinski definition) is 1. The SMILES string of the molecule is CCCCC(CC)CN(CCCC)C(=O)c1ccc(CC)cc1. The fourth-order valence-corrected chi connectivity index (χ4v) is 2.92. The smallest absolute Gasteiger partial charge is 0.253 e. The maximum atomic E-state index is 12.9. The minimum absolute atomic E-state index is 0.205. The van der Waals surface area contributed by atoms with Gasteiger partial charge in [0.1, 0.15) is 0 Å². The molecule has 2 heteroatoms. The molecule has 0 fully saturated rings. The molecule has 0 aliphatic carbocycles. The van der Waals surface area contributed by atoms with E-state index < -0.39 is 0 Å². The van der Waals surface area contributed by atoms with Crippen LogP contribution in [0.2, 0.25) is 0 Å². The van der Waals surface area contributed by atoms with Crippen LogP contribution in [0.25, 0.3) is 0 Å². The summed E-state index contributed by atoms with van der Waals surface area (Å²) in [5.74, 6) is 0.835. The summed E-state index contributed by atoms with van der Waals surface area (Å²) in [5, 5.41) is 0. The molecule has 0 saturated heterocycles. The van der Waals surface area contributed by atoms with Crippen LogP contribution in [0.5, 0.6) is 0 Å². The van der Waals surface area contributed by atoms with Gasteiger partial charge in [0.15, 0.2) is 0 Å². The van der Waals surface area contributed by atoms with Gasteiger partial charge < -0.3 is 4.90 Å². The molecule has 1 rings (SSSR count). The van der Waals surface area contributed by atoms with Crippen LogP contribution in [0.15, 0.2) is 24.3 Å². The van der Waals surface area contributed by atoms with Gasteiger partial charge in [0.05, 0.1) is 0 Å². The predicted octanol–water partition coefficient (Wildman–Crippen LogP) is 5.71. The Balaban J connectivity index is 2.79. The molecule has 0 bridgehead atoms. The summed E-state index contributed by atoms with van der Waals surface area (Å²) < 4.78 is 0. The Morgan fingerprint density at radius 3 is 2.17 bits per heavy atom. The summed E-state index contributed by atoms with van der Waals surface area (Å²) in [7, 11) is 0. The summed E-state index contributed by atoms with van der Waals surface area (Å²) >= 11 is 0. The molecule has 130 valence electrons. The molecule has 1 atom stereocenters. The normalized spacial score (nSPS) is 12.2. The molecule has 0 spiro atoms. The highest BCUT2D eigenvalue weighted by atomic mass is 16.2. The number of amides is 1. The Hall–Kier alpha value is -1.31. The average Bonchev–Trinajstić information content (AvgIpc) is 2.60. The zero-order chi connectivity index (χ0) is 17.1. The monoisotopic (exact) mass is 317 g/mol. The minimum Gasteiger partial charge on any atom is -0.338 e. The van der Waals surface area contributed by atoms with Gasteiger partial charge in [-0.1, -0.05) is 65.5 Å². The summed E-state index contributed by atoms with van der Waals surface area (Å²) in [6, 6.07) is 8.15. The molecule has 1 amide bonds. The lowest BCUT2D eigenvalue weighted by Crippen LogP contribution is -2.36. The standard InChI is InChI=1S/C21H35NO/c1-5-9-11-19(8-4)17-22(16-10-6-2)21(23)20-14-12-18(7-3)13-15-20/h12-15,19H,5-11,16-17H2,1-4H3. The minimum atomic E-state index is 0.205.